The Morgan fingerprint density at radius 1 is 1.24 bits per heavy atom. The molecule has 3 unspecified atom stereocenters. The van der Waals surface area contributed by atoms with Crippen molar-refractivity contribution in [2.75, 3.05) is 26.8 Å². The lowest BCUT2D eigenvalue weighted by atomic mass is 9.85. The van der Waals surface area contributed by atoms with E-state index in [1.807, 2.05) is 7.11 Å². The van der Waals surface area contributed by atoms with Gasteiger partial charge in [0.2, 0.25) is 0 Å². The molecule has 3 atom stereocenters. The molecule has 3 nitrogen and oxygen atoms in total. The molecular weight excluding hydrogens is 260 g/mol. The molecule has 2 N–H and O–H groups in total. The molecule has 2 rings (SSSR count). The summed E-state index contributed by atoms with van der Waals surface area (Å²) >= 11 is 0. The summed E-state index contributed by atoms with van der Waals surface area (Å²) in [6, 6.07) is 0.668. The van der Waals surface area contributed by atoms with Crippen LogP contribution < -0.4 is 5.73 Å². The highest BCUT2D eigenvalue weighted by Crippen LogP contribution is 2.42. The molecular formula is C18H36N2O. The zero-order valence-corrected chi connectivity index (χ0v) is 14.4. The van der Waals surface area contributed by atoms with E-state index in [0.29, 0.717) is 6.04 Å². The van der Waals surface area contributed by atoms with Gasteiger partial charge in [0.15, 0.2) is 0 Å². The number of rotatable bonds is 8. The van der Waals surface area contributed by atoms with E-state index in [-0.39, 0.29) is 5.54 Å². The predicted molar refractivity (Wildman–Crippen MR) is 89.4 cm³/mol. The Morgan fingerprint density at radius 2 is 2.00 bits per heavy atom. The second kappa shape index (κ2) is 7.94. The monoisotopic (exact) mass is 296 g/mol. The van der Waals surface area contributed by atoms with Gasteiger partial charge in [-0.15, -0.1) is 0 Å². The van der Waals surface area contributed by atoms with Crippen molar-refractivity contribution >= 4 is 0 Å². The molecule has 0 saturated heterocycles. The third-order valence-corrected chi connectivity index (χ3v) is 6.17. The first kappa shape index (κ1) is 17.2. The third-order valence-electron chi connectivity index (χ3n) is 6.17. The van der Waals surface area contributed by atoms with Crippen molar-refractivity contribution in [3.63, 3.8) is 0 Å². The van der Waals surface area contributed by atoms with E-state index in [1.54, 1.807) is 0 Å². The summed E-state index contributed by atoms with van der Waals surface area (Å²) in [6.45, 7) is 7.45. The van der Waals surface area contributed by atoms with Gasteiger partial charge in [0.1, 0.15) is 0 Å². The Bertz CT molecular complexity index is 306. The number of ether oxygens (including phenoxy) is 1. The summed E-state index contributed by atoms with van der Waals surface area (Å²) < 4.78 is 5.39. The smallest absolute Gasteiger partial charge is 0.0590 e. The lowest BCUT2D eigenvalue weighted by molar-refractivity contribution is 0.0105. The SMILES string of the molecule is CCC1CCCC(CN)(N(CCOC)C(C)C2CC2)CC1. The van der Waals surface area contributed by atoms with Gasteiger partial charge < -0.3 is 10.5 Å². The summed E-state index contributed by atoms with van der Waals surface area (Å²) in [4.78, 5) is 2.74. The minimum Gasteiger partial charge on any atom is -0.383 e. The fraction of sp³-hybridized carbons (Fsp3) is 1.00. The Balaban J connectivity index is 2.11. The topological polar surface area (TPSA) is 38.5 Å². The molecule has 0 amide bonds. The van der Waals surface area contributed by atoms with Gasteiger partial charge in [-0.2, -0.15) is 0 Å². The van der Waals surface area contributed by atoms with E-state index in [1.165, 1.54) is 51.4 Å². The van der Waals surface area contributed by atoms with Crippen molar-refractivity contribution in [2.24, 2.45) is 17.6 Å². The lowest BCUT2D eigenvalue weighted by Gasteiger charge is -2.47. The molecule has 0 bridgehead atoms. The van der Waals surface area contributed by atoms with Crippen LogP contribution in [0, 0.1) is 11.8 Å². The molecule has 0 aromatic heterocycles. The van der Waals surface area contributed by atoms with Crippen molar-refractivity contribution < 1.29 is 4.74 Å². The average molecular weight is 296 g/mol. The Kier molecular flexibility index (Phi) is 6.51. The van der Waals surface area contributed by atoms with Gasteiger partial charge in [-0.1, -0.05) is 26.2 Å². The Morgan fingerprint density at radius 3 is 2.57 bits per heavy atom. The van der Waals surface area contributed by atoms with E-state index in [4.69, 9.17) is 10.5 Å². The van der Waals surface area contributed by atoms with E-state index in [9.17, 15) is 0 Å². The normalized spacial score (nSPS) is 32.1. The van der Waals surface area contributed by atoms with Gasteiger partial charge in [-0.05, 0) is 50.9 Å². The molecule has 2 aliphatic rings. The molecule has 0 heterocycles. The molecule has 2 saturated carbocycles. The van der Waals surface area contributed by atoms with Gasteiger partial charge in [0, 0.05) is 31.8 Å². The van der Waals surface area contributed by atoms with Crippen LogP contribution in [0.15, 0.2) is 0 Å². The van der Waals surface area contributed by atoms with Crippen molar-refractivity contribution in [3.05, 3.63) is 0 Å². The van der Waals surface area contributed by atoms with Crippen LogP contribution in [-0.2, 0) is 4.74 Å². The second-order valence-electron chi connectivity index (χ2n) is 7.40. The summed E-state index contributed by atoms with van der Waals surface area (Å²) in [5, 5.41) is 0. The van der Waals surface area contributed by atoms with Crippen molar-refractivity contribution in [1.82, 2.24) is 4.90 Å². The molecule has 2 aliphatic carbocycles. The molecule has 0 spiro atoms. The number of nitrogens with two attached hydrogens (primary N) is 1. The van der Waals surface area contributed by atoms with Crippen molar-refractivity contribution in [3.8, 4) is 0 Å². The number of hydrogen-bond donors (Lipinski definition) is 1. The first-order valence-corrected chi connectivity index (χ1v) is 9.12. The van der Waals surface area contributed by atoms with Crippen LogP contribution in [0.3, 0.4) is 0 Å². The van der Waals surface area contributed by atoms with Gasteiger partial charge in [-0.25, -0.2) is 0 Å². The highest BCUT2D eigenvalue weighted by Gasteiger charge is 2.43. The van der Waals surface area contributed by atoms with Crippen LogP contribution in [0.5, 0.6) is 0 Å². The first-order valence-electron chi connectivity index (χ1n) is 9.12. The van der Waals surface area contributed by atoms with Crippen LogP contribution in [-0.4, -0.2) is 43.3 Å². The molecule has 0 aliphatic heterocycles. The maximum absolute atomic E-state index is 6.34. The maximum atomic E-state index is 6.34. The molecule has 2 fully saturated rings. The highest BCUT2D eigenvalue weighted by molar-refractivity contribution is 4.99. The molecule has 0 aromatic rings. The number of methoxy groups -OCH3 is 1. The van der Waals surface area contributed by atoms with Gasteiger partial charge >= 0.3 is 0 Å². The highest BCUT2D eigenvalue weighted by atomic mass is 16.5. The maximum Gasteiger partial charge on any atom is 0.0590 e. The quantitative estimate of drug-likeness (QED) is 0.698. The lowest BCUT2D eigenvalue weighted by Crippen LogP contribution is -2.58. The number of hydrogen-bond acceptors (Lipinski definition) is 3. The van der Waals surface area contributed by atoms with Crippen molar-refractivity contribution in [2.45, 2.75) is 76.8 Å². The zero-order chi connectivity index (χ0) is 15.3. The van der Waals surface area contributed by atoms with E-state index < -0.39 is 0 Å². The van der Waals surface area contributed by atoms with Crippen LogP contribution in [0.1, 0.15) is 65.2 Å². The molecule has 3 heteroatoms. The fourth-order valence-corrected chi connectivity index (χ4v) is 4.37. The minimum atomic E-state index is 0.227. The summed E-state index contributed by atoms with van der Waals surface area (Å²) in [6.07, 6.45) is 10.8. The molecule has 124 valence electrons. The third kappa shape index (κ3) is 4.20. The number of nitrogens with zero attached hydrogens (tertiary/aromatic N) is 1. The first-order chi connectivity index (χ1) is 10.2. The standard InChI is InChI=1S/C18H36N2O/c1-4-16-6-5-10-18(14-19,11-9-16)20(12-13-21-3)15(2)17-7-8-17/h15-17H,4-14,19H2,1-3H3. The Labute approximate surface area is 131 Å². The zero-order valence-electron chi connectivity index (χ0n) is 14.4. The molecule has 21 heavy (non-hydrogen) atoms. The van der Waals surface area contributed by atoms with Crippen LogP contribution >= 0.6 is 0 Å². The van der Waals surface area contributed by atoms with Crippen LogP contribution in [0.2, 0.25) is 0 Å². The second-order valence-corrected chi connectivity index (χ2v) is 7.40. The van der Waals surface area contributed by atoms with E-state index in [2.05, 4.69) is 18.7 Å². The molecule has 0 aromatic carbocycles. The van der Waals surface area contributed by atoms with Crippen LogP contribution in [0.25, 0.3) is 0 Å². The predicted octanol–water partition coefficient (Wildman–Crippen LogP) is 3.42. The molecule has 0 radical (unpaired) electrons. The van der Waals surface area contributed by atoms with E-state index >= 15 is 0 Å². The van der Waals surface area contributed by atoms with Crippen LogP contribution in [0.4, 0.5) is 0 Å². The van der Waals surface area contributed by atoms with Gasteiger partial charge in [-0.3, -0.25) is 4.90 Å². The summed E-state index contributed by atoms with van der Waals surface area (Å²) in [5.74, 6) is 1.81. The minimum absolute atomic E-state index is 0.227. The summed E-state index contributed by atoms with van der Waals surface area (Å²) in [7, 11) is 1.81. The van der Waals surface area contributed by atoms with Gasteiger partial charge in [0.25, 0.3) is 0 Å². The van der Waals surface area contributed by atoms with E-state index in [0.717, 1.165) is 31.5 Å². The van der Waals surface area contributed by atoms with Gasteiger partial charge in [0.05, 0.1) is 6.61 Å². The fourth-order valence-electron chi connectivity index (χ4n) is 4.37. The van der Waals surface area contributed by atoms with Crippen molar-refractivity contribution in [1.29, 1.82) is 0 Å². The average Bonchev–Trinajstić information content (AvgIpc) is 3.34. The Hall–Kier alpha value is -0.120. The summed E-state index contributed by atoms with van der Waals surface area (Å²) in [5.41, 5.74) is 6.57. The largest absolute Gasteiger partial charge is 0.383 e.